The van der Waals surface area contributed by atoms with Crippen LogP contribution in [0.25, 0.3) is 0 Å². The molecule has 2 heterocycles. The average molecular weight is 502 g/mol. The number of amides is 1. The minimum Gasteiger partial charge on any atom is -0.396 e. The third-order valence-electron chi connectivity index (χ3n) is 4.55. The van der Waals surface area contributed by atoms with Crippen LogP contribution in [0.3, 0.4) is 0 Å². The van der Waals surface area contributed by atoms with Gasteiger partial charge >= 0.3 is 0 Å². The number of aliphatic hydroxyl groups is 1. The average Bonchev–Trinajstić information content (AvgIpc) is 3.13. The molecule has 1 aliphatic rings. The van der Waals surface area contributed by atoms with E-state index in [9.17, 15) is 21.6 Å². The van der Waals surface area contributed by atoms with Crippen molar-refractivity contribution in [3.05, 3.63) is 11.6 Å². The predicted octanol–water partition coefficient (Wildman–Crippen LogP) is 0.0514. The second-order valence-electron chi connectivity index (χ2n) is 6.53. The number of nitrogens with zero attached hydrogens (tertiary/aromatic N) is 2. The lowest BCUT2D eigenvalue weighted by molar-refractivity contribution is -0.131. The number of methoxy groups -OCH3 is 1. The standard InChI is InChI=1S/C16H27N3O7S4/c1-3-19(14(21)11-27-8-6-20)13-10-18(5-4-7-26-2)30(24,25)16-12(13)9-15(28-16)29(17,22)23/h9,13,20H,3-8,10-11H2,1-2H3,(H2,17,22,23)/t13-/m0/s1. The molecule has 0 aliphatic carbocycles. The van der Waals surface area contributed by atoms with Crippen molar-refractivity contribution in [1.82, 2.24) is 9.21 Å². The third-order valence-corrected chi connectivity index (χ3v) is 10.4. The van der Waals surface area contributed by atoms with E-state index in [1.165, 1.54) is 29.2 Å². The molecule has 0 unspecified atom stereocenters. The summed E-state index contributed by atoms with van der Waals surface area (Å²) in [5.41, 5.74) is 0.273. The fourth-order valence-electron chi connectivity index (χ4n) is 3.19. The number of hydrogen-bond donors (Lipinski definition) is 2. The summed E-state index contributed by atoms with van der Waals surface area (Å²) in [6.45, 7) is 2.61. The molecule has 0 saturated heterocycles. The highest BCUT2D eigenvalue weighted by Gasteiger charge is 2.42. The van der Waals surface area contributed by atoms with E-state index in [0.717, 1.165) is 0 Å². The molecule has 1 atom stereocenters. The van der Waals surface area contributed by atoms with E-state index < -0.39 is 26.1 Å². The molecule has 1 amide bonds. The van der Waals surface area contributed by atoms with Gasteiger partial charge in [0, 0.05) is 44.7 Å². The highest BCUT2D eigenvalue weighted by molar-refractivity contribution is 7.99. The summed E-state index contributed by atoms with van der Waals surface area (Å²) in [6.07, 6.45) is 0.456. The number of sulfonamides is 2. The van der Waals surface area contributed by atoms with Gasteiger partial charge in [-0.25, -0.2) is 22.0 Å². The number of thiophene rings is 1. The highest BCUT2D eigenvalue weighted by atomic mass is 32.3. The molecule has 30 heavy (non-hydrogen) atoms. The number of nitrogens with two attached hydrogens (primary N) is 1. The number of thioether (sulfide) groups is 1. The number of carbonyl (C=O) groups excluding carboxylic acids is 1. The molecule has 14 heteroatoms. The summed E-state index contributed by atoms with van der Waals surface area (Å²) in [5.74, 6) is 0.319. The Hall–Kier alpha value is -0.740. The van der Waals surface area contributed by atoms with Gasteiger partial charge < -0.3 is 14.7 Å². The number of ether oxygens (including phenoxy) is 1. The maximum Gasteiger partial charge on any atom is 0.253 e. The van der Waals surface area contributed by atoms with Gasteiger partial charge in [0.25, 0.3) is 10.0 Å². The van der Waals surface area contributed by atoms with E-state index >= 15 is 0 Å². The zero-order valence-electron chi connectivity index (χ0n) is 16.8. The molecule has 0 saturated carbocycles. The maximum atomic E-state index is 13.1. The fraction of sp³-hybridized carbons (Fsp3) is 0.688. The van der Waals surface area contributed by atoms with Gasteiger partial charge in [-0.3, -0.25) is 4.79 Å². The zero-order valence-corrected chi connectivity index (χ0v) is 20.1. The highest BCUT2D eigenvalue weighted by Crippen LogP contribution is 2.42. The lowest BCUT2D eigenvalue weighted by Crippen LogP contribution is -2.47. The van der Waals surface area contributed by atoms with E-state index in [4.69, 9.17) is 15.0 Å². The first-order chi connectivity index (χ1) is 14.1. The van der Waals surface area contributed by atoms with Crippen LogP contribution in [0, 0.1) is 0 Å². The topological polar surface area (TPSA) is 147 Å². The van der Waals surface area contributed by atoms with Crippen LogP contribution in [0.5, 0.6) is 0 Å². The molecule has 0 radical (unpaired) electrons. The van der Waals surface area contributed by atoms with Gasteiger partial charge in [0.1, 0.15) is 8.42 Å². The molecule has 0 spiro atoms. The van der Waals surface area contributed by atoms with Crippen molar-refractivity contribution in [3.8, 4) is 0 Å². The number of hydrogen-bond acceptors (Lipinski definition) is 9. The molecule has 2 rings (SSSR count). The molecule has 1 aliphatic heterocycles. The Morgan fingerprint density at radius 2 is 2.20 bits per heavy atom. The molecule has 1 aromatic heterocycles. The van der Waals surface area contributed by atoms with Crippen molar-refractivity contribution >= 4 is 49.1 Å². The van der Waals surface area contributed by atoms with Gasteiger partial charge in [-0.1, -0.05) is 0 Å². The largest absolute Gasteiger partial charge is 0.396 e. The van der Waals surface area contributed by atoms with Crippen molar-refractivity contribution in [3.63, 3.8) is 0 Å². The Kier molecular flexibility index (Phi) is 9.12. The summed E-state index contributed by atoms with van der Waals surface area (Å²) in [5, 5.41) is 14.2. The molecule has 1 aromatic rings. The van der Waals surface area contributed by atoms with Crippen LogP contribution >= 0.6 is 23.1 Å². The van der Waals surface area contributed by atoms with Crippen LogP contribution in [0.15, 0.2) is 14.5 Å². The van der Waals surface area contributed by atoms with Crippen molar-refractivity contribution < 1.29 is 31.5 Å². The van der Waals surface area contributed by atoms with Crippen molar-refractivity contribution in [2.75, 3.05) is 51.5 Å². The minimum absolute atomic E-state index is 0.0179. The van der Waals surface area contributed by atoms with Gasteiger partial charge in [0.05, 0.1) is 18.4 Å². The Morgan fingerprint density at radius 1 is 1.50 bits per heavy atom. The zero-order chi connectivity index (χ0) is 22.5. The van der Waals surface area contributed by atoms with Crippen molar-refractivity contribution in [1.29, 1.82) is 0 Å². The Bertz CT molecular complexity index is 946. The summed E-state index contributed by atoms with van der Waals surface area (Å²) in [6, 6.07) is 0.631. The van der Waals surface area contributed by atoms with Crippen molar-refractivity contribution in [2.24, 2.45) is 5.14 Å². The second-order valence-corrected chi connectivity index (χ2v) is 12.6. The maximum absolute atomic E-state index is 13.1. The SMILES string of the molecule is CCN(C(=O)CSCCO)[C@H]1CN(CCCOC)S(=O)(=O)c2sc(S(N)(=O)=O)cc21. The smallest absolute Gasteiger partial charge is 0.253 e. The van der Waals surface area contributed by atoms with Crippen molar-refractivity contribution in [2.45, 2.75) is 27.8 Å². The van der Waals surface area contributed by atoms with E-state index in [1.807, 2.05) is 0 Å². The normalized spacial score (nSPS) is 18.9. The van der Waals surface area contributed by atoms with Gasteiger partial charge in [-0.15, -0.1) is 23.1 Å². The van der Waals surface area contributed by atoms with Crippen LogP contribution in [-0.2, 0) is 29.6 Å². The first-order valence-electron chi connectivity index (χ1n) is 9.21. The fourth-order valence-corrected chi connectivity index (χ4v) is 8.09. The van der Waals surface area contributed by atoms with Gasteiger partial charge in [-0.2, -0.15) is 4.31 Å². The number of carbonyl (C=O) groups is 1. The molecule has 10 nitrogen and oxygen atoms in total. The van der Waals surface area contributed by atoms with Gasteiger partial charge in [0.15, 0.2) is 0 Å². The Labute approximate surface area is 185 Å². The molecule has 3 N–H and O–H groups in total. The number of aliphatic hydroxyl groups excluding tert-OH is 1. The summed E-state index contributed by atoms with van der Waals surface area (Å²) in [4.78, 5) is 14.3. The van der Waals surface area contributed by atoms with E-state index in [2.05, 4.69) is 0 Å². The van der Waals surface area contributed by atoms with Crippen LogP contribution in [0.2, 0.25) is 0 Å². The van der Waals surface area contributed by atoms with Crippen LogP contribution in [-0.4, -0.2) is 88.5 Å². The monoisotopic (exact) mass is 501 g/mol. The molecular weight excluding hydrogens is 474 g/mol. The second kappa shape index (κ2) is 10.7. The Balaban J connectivity index is 2.48. The minimum atomic E-state index is -4.10. The molecule has 172 valence electrons. The number of fused-ring (bicyclic) bond motifs is 1. The van der Waals surface area contributed by atoms with E-state index in [-0.39, 0.29) is 45.3 Å². The Morgan fingerprint density at radius 3 is 2.77 bits per heavy atom. The summed E-state index contributed by atoms with van der Waals surface area (Å²) in [7, 11) is -6.50. The number of primary sulfonamides is 1. The lowest BCUT2D eigenvalue weighted by Gasteiger charge is -2.38. The predicted molar refractivity (Wildman–Crippen MR) is 115 cm³/mol. The first kappa shape index (κ1) is 25.5. The first-order valence-corrected chi connectivity index (χ1v) is 14.2. The van der Waals surface area contributed by atoms with Gasteiger partial charge in [0.2, 0.25) is 15.9 Å². The molecule has 0 aromatic carbocycles. The summed E-state index contributed by atoms with van der Waals surface area (Å²) < 4.78 is 55.8. The van der Waals surface area contributed by atoms with Crippen LogP contribution in [0.1, 0.15) is 24.9 Å². The summed E-state index contributed by atoms with van der Waals surface area (Å²) >= 11 is 1.88. The van der Waals surface area contributed by atoms with Crippen LogP contribution < -0.4 is 5.14 Å². The molecule has 0 fully saturated rings. The van der Waals surface area contributed by atoms with Gasteiger partial charge in [-0.05, 0) is 19.4 Å². The quantitative estimate of drug-likeness (QED) is 0.404. The van der Waals surface area contributed by atoms with E-state index in [0.29, 0.717) is 36.7 Å². The van der Waals surface area contributed by atoms with E-state index in [1.54, 1.807) is 11.8 Å². The molecule has 0 bridgehead atoms. The number of rotatable bonds is 11. The third kappa shape index (κ3) is 5.73. The van der Waals surface area contributed by atoms with Crippen LogP contribution in [0.4, 0.5) is 0 Å². The number of likely N-dealkylation sites (N-methyl/N-ethyl adjacent to an activating group) is 1. The molecular formula is C16H27N3O7S4. The lowest BCUT2D eigenvalue weighted by atomic mass is 10.1.